The zero-order valence-corrected chi connectivity index (χ0v) is 7.02. The number of hydrogen-bond acceptors (Lipinski definition) is 0. The van der Waals surface area contributed by atoms with Gasteiger partial charge in [0.2, 0.25) is 0 Å². The Morgan fingerprint density at radius 2 is 2.10 bits per heavy atom. The lowest BCUT2D eigenvalue weighted by Gasteiger charge is -2.20. The molecule has 1 rings (SSSR count). The highest BCUT2D eigenvalue weighted by molar-refractivity contribution is 5.17. The minimum absolute atomic E-state index is 0.425. The van der Waals surface area contributed by atoms with Gasteiger partial charge in [-0.1, -0.05) is 27.2 Å². The minimum atomic E-state index is 0.425. The monoisotopic (exact) mass is 135 g/mol. The van der Waals surface area contributed by atoms with Gasteiger partial charge in [0.05, 0.1) is 0 Å². The van der Waals surface area contributed by atoms with E-state index in [1.807, 2.05) is 0 Å². The van der Waals surface area contributed by atoms with Crippen LogP contribution >= 0.6 is 0 Å². The van der Waals surface area contributed by atoms with Gasteiger partial charge in [0, 0.05) is 0 Å². The van der Waals surface area contributed by atoms with Crippen LogP contribution in [0.25, 0.3) is 0 Å². The quantitative estimate of drug-likeness (QED) is 0.519. The summed E-state index contributed by atoms with van der Waals surface area (Å²) in [5, 5.41) is 0. The zero-order chi connectivity index (χ0) is 7.61. The van der Waals surface area contributed by atoms with Gasteiger partial charge in [0.25, 0.3) is 0 Å². The molecule has 0 aromatic heterocycles. The van der Waals surface area contributed by atoms with E-state index in [4.69, 9.17) is 0 Å². The van der Waals surface area contributed by atoms with Crippen LogP contribution in [0.4, 0.5) is 0 Å². The topological polar surface area (TPSA) is 0 Å². The number of rotatable bonds is 1. The molecule has 0 saturated carbocycles. The Hall–Kier alpha value is -0.650. The molecule has 0 fully saturated rings. The van der Waals surface area contributed by atoms with Crippen LogP contribution in [0.5, 0.6) is 0 Å². The van der Waals surface area contributed by atoms with Crippen molar-refractivity contribution in [2.45, 2.75) is 27.2 Å². The maximum Gasteiger partial charge on any atom is -0.0456 e. The summed E-state index contributed by atoms with van der Waals surface area (Å²) in [6.07, 6.45) is 1.18. The van der Waals surface area contributed by atoms with Crippen LogP contribution in [-0.2, 0) is 6.42 Å². The van der Waals surface area contributed by atoms with E-state index in [2.05, 4.69) is 45.0 Å². The maximum atomic E-state index is 2.26. The Labute approximate surface area is 63.2 Å². The first kappa shape index (κ1) is 7.46. The van der Waals surface area contributed by atoms with Crippen molar-refractivity contribution < 1.29 is 0 Å². The van der Waals surface area contributed by atoms with E-state index in [0.717, 1.165) is 0 Å². The lowest BCUT2D eigenvalue weighted by molar-refractivity contribution is 0.411. The molecule has 0 heteroatoms. The average Bonchev–Trinajstić information content (AvgIpc) is 2.12. The molecule has 0 saturated heterocycles. The van der Waals surface area contributed by atoms with Gasteiger partial charge in [-0.2, -0.15) is 23.8 Å². The fraction of sp³-hybridized carbons (Fsp3) is 0.500. The summed E-state index contributed by atoms with van der Waals surface area (Å²) in [4.78, 5) is 0. The second-order valence-electron chi connectivity index (χ2n) is 4.03. The molecule has 0 aliphatic heterocycles. The highest BCUT2D eigenvalue weighted by Gasteiger charge is 2.06. The number of hydrogen-bond donors (Lipinski definition) is 0. The molecular weight excluding hydrogens is 120 g/mol. The van der Waals surface area contributed by atoms with Gasteiger partial charge in [-0.3, -0.25) is 0 Å². The van der Waals surface area contributed by atoms with Crippen molar-refractivity contribution >= 4 is 0 Å². The van der Waals surface area contributed by atoms with Crippen LogP contribution in [0.1, 0.15) is 26.3 Å². The van der Waals surface area contributed by atoms with Crippen LogP contribution in [0.3, 0.4) is 0 Å². The molecule has 56 valence electrons. The Kier molecular flexibility index (Phi) is 1.89. The molecule has 0 aliphatic rings. The molecule has 0 amide bonds. The van der Waals surface area contributed by atoms with Crippen molar-refractivity contribution in [1.29, 1.82) is 0 Å². The van der Waals surface area contributed by atoms with E-state index in [0.29, 0.717) is 5.41 Å². The molecule has 0 bridgehead atoms. The van der Waals surface area contributed by atoms with E-state index < -0.39 is 0 Å². The molecule has 0 N–H and O–H groups in total. The Morgan fingerprint density at radius 3 is 2.50 bits per heavy atom. The second kappa shape index (κ2) is 2.53. The third-order valence-corrected chi connectivity index (χ3v) is 1.47. The van der Waals surface area contributed by atoms with Crippen molar-refractivity contribution in [3.8, 4) is 0 Å². The third kappa shape index (κ3) is 2.30. The minimum Gasteiger partial charge on any atom is -0.211 e. The first-order valence-electron chi connectivity index (χ1n) is 3.78. The summed E-state index contributed by atoms with van der Waals surface area (Å²) in [5.41, 5.74) is 1.88. The van der Waals surface area contributed by atoms with E-state index in [9.17, 15) is 0 Å². The first-order valence-corrected chi connectivity index (χ1v) is 3.78. The molecule has 0 unspecified atom stereocenters. The van der Waals surface area contributed by atoms with Crippen molar-refractivity contribution in [2.75, 3.05) is 0 Å². The fourth-order valence-corrected chi connectivity index (χ4v) is 1.14. The molecule has 0 atom stereocenters. The normalized spacial score (nSPS) is 11.9. The molecular formula is C10H15-. The summed E-state index contributed by atoms with van der Waals surface area (Å²) < 4.78 is 0. The Morgan fingerprint density at radius 1 is 1.40 bits per heavy atom. The fourth-order valence-electron chi connectivity index (χ4n) is 1.14. The molecule has 1 aromatic rings. The van der Waals surface area contributed by atoms with Crippen LogP contribution in [0, 0.1) is 5.41 Å². The molecule has 0 aliphatic carbocycles. The van der Waals surface area contributed by atoms with E-state index in [-0.39, 0.29) is 0 Å². The molecule has 0 radical (unpaired) electrons. The molecule has 0 nitrogen and oxygen atoms in total. The Balaban J connectivity index is 2.57. The molecule has 1 aromatic carbocycles. The SMILES string of the molecule is CC(C)(C)Cc1cc[cH-]c1. The largest absolute Gasteiger partial charge is 0.211 e. The van der Waals surface area contributed by atoms with Gasteiger partial charge < -0.3 is 0 Å². The predicted octanol–water partition coefficient (Wildman–Crippen LogP) is 2.99. The summed E-state index contributed by atoms with van der Waals surface area (Å²) >= 11 is 0. The van der Waals surface area contributed by atoms with Crippen molar-refractivity contribution in [3.05, 3.63) is 29.8 Å². The maximum absolute atomic E-state index is 2.26. The summed E-state index contributed by atoms with van der Waals surface area (Å²) in [7, 11) is 0. The van der Waals surface area contributed by atoms with E-state index >= 15 is 0 Å². The van der Waals surface area contributed by atoms with Gasteiger partial charge >= 0.3 is 0 Å². The summed E-state index contributed by atoms with van der Waals surface area (Å²) in [5.74, 6) is 0. The van der Waals surface area contributed by atoms with Gasteiger partial charge in [-0.25, -0.2) is 6.07 Å². The van der Waals surface area contributed by atoms with Crippen molar-refractivity contribution in [3.63, 3.8) is 0 Å². The highest BCUT2D eigenvalue weighted by atomic mass is 14.1. The van der Waals surface area contributed by atoms with Gasteiger partial charge in [-0.15, -0.1) is 0 Å². The van der Waals surface area contributed by atoms with Crippen LogP contribution < -0.4 is 0 Å². The van der Waals surface area contributed by atoms with Crippen LogP contribution in [0.15, 0.2) is 24.3 Å². The molecule has 10 heavy (non-hydrogen) atoms. The molecule has 0 spiro atoms. The van der Waals surface area contributed by atoms with Gasteiger partial charge in [-0.05, 0) is 5.41 Å². The lowest BCUT2D eigenvalue weighted by Crippen LogP contribution is -2.07. The smallest absolute Gasteiger partial charge is 0.0456 e. The van der Waals surface area contributed by atoms with Crippen molar-refractivity contribution in [1.82, 2.24) is 0 Å². The second-order valence-corrected chi connectivity index (χ2v) is 4.03. The predicted molar refractivity (Wildman–Crippen MR) is 45.2 cm³/mol. The zero-order valence-electron chi connectivity index (χ0n) is 7.02. The van der Waals surface area contributed by atoms with Crippen LogP contribution in [0.2, 0.25) is 0 Å². The van der Waals surface area contributed by atoms with Gasteiger partial charge in [0.1, 0.15) is 0 Å². The standard InChI is InChI=1S/C10H15/c1-10(2,3)8-9-6-4-5-7-9/h4-7H,8H2,1-3H3/q-1. The third-order valence-electron chi connectivity index (χ3n) is 1.47. The van der Waals surface area contributed by atoms with E-state index in [1.54, 1.807) is 0 Å². The highest BCUT2D eigenvalue weighted by Crippen LogP contribution is 2.20. The summed E-state index contributed by atoms with van der Waals surface area (Å²) in [6.45, 7) is 6.79. The lowest BCUT2D eigenvalue weighted by atomic mass is 9.89. The Bertz CT molecular complexity index is 174. The summed E-state index contributed by atoms with van der Waals surface area (Å²) in [6, 6.07) is 8.57. The van der Waals surface area contributed by atoms with Crippen molar-refractivity contribution in [2.24, 2.45) is 5.41 Å². The average molecular weight is 135 g/mol. The van der Waals surface area contributed by atoms with Crippen LogP contribution in [-0.4, -0.2) is 0 Å². The molecule has 0 heterocycles. The van der Waals surface area contributed by atoms with Gasteiger partial charge in [0.15, 0.2) is 0 Å². The first-order chi connectivity index (χ1) is 4.58. The van der Waals surface area contributed by atoms with E-state index in [1.165, 1.54) is 12.0 Å².